The number of hydrogen-bond donors (Lipinski definition) is 3. The van der Waals surface area contributed by atoms with Crippen molar-refractivity contribution in [3.63, 3.8) is 0 Å². The SMILES string of the molecule is NC(=O)c1ccc(-c2c3n(c4cc(Cl)ccc24)C(=O)CCC3)cc1NC1CCC(O)CC1. The Morgan fingerprint density at radius 2 is 1.88 bits per heavy atom. The van der Waals surface area contributed by atoms with E-state index >= 15 is 0 Å². The molecule has 3 aromatic rings. The van der Waals surface area contributed by atoms with Gasteiger partial charge in [-0.05, 0) is 68.4 Å². The summed E-state index contributed by atoms with van der Waals surface area (Å²) in [6.07, 6.45) is 5.02. The first-order valence-electron chi connectivity index (χ1n) is 11.2. The van der Waals surface area contributed by atoms with Gasteiger partial charge >= 0.3 is 0 Å². The summed E-state index contributed by atoms with van der Waals surface area (Å²) in [6.45, 7) is 0. The molecule has 7 heteroatoms. The van der Waals surface area contributed by atoms with E-state index in [1.165, 1.54) is 0 Å². The molecular formula is C25H26ClN3O3. The normalized spacial score (nSPS) is 20.9. The number of primary amides is 1. The maximum atomic E-state index is 12.8. The lowest BCUT2D eigenvalue weighted by molar-refractivity contribution is 0.0889. The first-order valence-corrected chi connectivity index (χ1v) is 11.5. The van der Waals surface area contributed by atoms with Crippen LogP contribution in [0.1, 0.15) is 59.4 Å². The number of nitrogens with two attached hydrogens (primary N) is 1. The van der Waals surface area contributed by atoms with Crippen molar-refractivity contribution in [3.8, 4) is 11.1 Å². The molecule has 1 aromatic heterocycles. The molecule has 1 saturated carbocycles. The lowest BCUT2D eigenvalue weighted by atomic mass is 9.92. The maximum absolute atomic E-state index is 12.8. The molecule has 1 fully saturated rings. The predicted molar refractivity (Wildman–Crippen MR) is 126 cm³/mol. The Bertz CT molecular complexity index is 1220. The molecule has 2 aliphatic rings. The Kier molecular flexibility index (Phi) is 5.43. The number of amides is 1. The monoisotopic (exact) mass is 451 g/mol. The van der Waals surface area contributed by atoms with E-state index in [1.54, 1.807) is 10.6 Å². The maximum Gasteiger partial charge on any atom is 0.250 e. The number of benzene rings is 2. The van der Waals surface area contributed by atoms with Crippen LogP contribution in [0.5, 0.6) is 0 Å². The Morgan fingerprint density at radius 3 is 2.62 bits per heavy atom. The third-order valence-corrected chi connectivity index (χ3v) is 6.95. The van der Waals surface area contributed by atoms with Gasteiger partial charge in [-0.15, -0.1) is 0 Å². The van der Waals surface area contributed by atoms with Crippen LogP contribution in [0, 0.1) is 0 Å². The number of nitrogens with one attached hydrogen (secondary N) is 1. The lowest BCUT2D eigenvalue weighted by Gasteiger charge is -2.28. The van der Waals surface area contributed by atoms with Gasteiger partial charge in [-0.2, -0.15) is 0 Å². The van der Waals surface area contributed by atoms with Crippen LogP contribution in [0.15, 0.2) is 36.4 Å². The fourth-order valence-corrected chi connectivity index (χ4v) is 5.32. The summed E-state index contributed by atoms with van der Waals surface area (Å²) >= 11 is 6.26. The van der Waals surface area contributed by atoms with Gasteiger partial charge < -0.3 is 16.2 Å². The van der Waals surface area contributed by atoms with Crippen LogP contribution in [0.25, 0.3) is 22.0 Å². The van der Waals surface area contributed by atoms with Gasteiger partial charge in [0.15, 0.2) is 0 Å². The van der Waals surface area contributed by atoms with Gasteiger partial charge in [0.05, 0.1) is 17.2 Å². The first kappa shape index (κ1) is 21.0. The Morgan fingerprint density at radius 1 is 1.09 bits per heavy atom. The molecule has 0 radical (unpaired) electrons. The Hall–Kier alpha value is -2.83. The van der Waals surface area contributed by atoms with E-state index in [2.05, 4.69) is 5.32 Å². The van der Waals surface area contributed by atoms with E-state index in [9.17, 15) is 14.7 Å². The summed E-state index contributed by atoms with van der Waals surface area (Å²) in [4.78, 5) is 24.9. The van der Waals surface area contributed by atoms with Crippen LogP contribution in [-0.4, -0.2) is 33.6 Å². The van der Waals surface area contributed by atoms with Crippen molar-refractivity contribution < 1.29 is 14.7 Å². The number of rotatable bonds is 4. The fraction of sp³-hybridized carbons (Fsp3) is 0.360. The summed E-state index contributed by atoms with van der Waals surface area (Å²) in [6, 6.07) is 11.4. The van der Waals surface area contributed by atoms with E-state index in [1.807, 2.05) is 30.3 Å². The molecule has 0 unspecified atom stereocenters. The van der Waals surface area contributed by atoms with Gasteiger partial charge in [-0.1, -0.05) is 23.7 Å². The standard InChI is InChI=1S/C25H26ClN3O3/c26-15-5-11-19-22(13-15)29-21(2-1-3-23(29)31)24(19)14-4-10-18(25(27)32)20(12-14)28-16-6-8-17(30)9-7-16/h4-5,10-13,16-17,28,30H,1-3,6-9H2,(H2,27,32). The predicted octanol–water partition coefficient (Wildman–Crippen LogP) is 4.75. The number of fused-ring (bicyclic) bond motifs is 3. The van der Waals surface area contributed by atoms with Crippen molar-refractivity contribution in [2.45, 2.75) is 57.1 Å². The summed E-state index contributed by atoms with van der Waals surface area (Å²) in [5, 5.41) is 14.9. The zero-order valence-corrected chi connectivity index (χ0v) is 18.5. The first-order chi connectivity index (χ1) is 15.4. The van der Waals surface area contributed by atoms with Gasteiger partial charge in [0.2, 0.25) is 5.91 Å². The molecule has 0 spiro atoms. The minimum Gasteiger partial charge on any atom is -0.393 e. The number of aliphatic hydroxyl groups is 1. The van der Waals surface area contributed by atoms with E-state index in [0.29, 0.717) is 22.7 Å². The van der Waals surface area contributed by atoms with Crippen molar-refractivity contribution >= 4 is 40.0 Å². The smallest absolute Gasteiger partial charge is 0.250 e. The van der Waals surface area contributed by atoms with Crippen molar-refractivity contribution in [3.05, 3.63) is 52.7 Å². The van der Waals surface area contributed by atoms with E-state index in [4.69, 9.17) is 17.3 Å². The highest BCUT2D eigenvalue weighted by Gasteiger charge is 2.27. The number of hydrogen-bond acceptors (Lipinski definition) is 4. The van der Waals surface area contributed by atoms with Gasteiger partial charge in [0, 0.05) is 39.8 Å². The van der Waals surface area contributed by atoms with Crippen LogP contribution in [-0.2, 0) is 6.42 Å². The second-order valence-corrected chi connectivity index (χ2v) is 9.28. The molecule has 0 saturated heterocycles. The number of carbonyl (C=O) groups is 2. The van der Waals surface area contributed by atoms with Crippen LogP contribution >= 0.6 is 11.6 Å². The highest BCUT2D eigenvalue weighted by molar-refractivity contribution is 6.31. The minimum atomic E-state index is -0.486. The van der Waals surface area contributed by atoms with Crippen molar-refractivity contribution in [1.82, 2.24) is 4.57 Å². The Balaban J connectivity index is 1.64. The Labute approximate surface area is 191 Å². The minimum absolute atomic E-state index is 0.0811. The largest absolute Gasteiger partial charge is 0.393 e. The molecule has 32 heavy (non-hydrogen) atoms. The van der Waals surface area contributed by atoms with E-state index < -0.39 is 5.91 Å². The zero-order valence-electron chi connectivity index (χ0n) is 17.7. The molecule has 2 heterocycles. The third kappa shape index (κ3) is 3.67. The molecule has 5 rings (SSSR count). The molecule has 2 aromatic carbocycles. The fourth-order valence-electron chi connectivity index (χ4n) is 5.15. The van der Waals surface area contributed by atoms with Crippen LogP contribution in [0.2, 0.25) is 5.02 Å². The molecule has 166 valence electrons. The number of nitrogens with zero attached hydrogens (tertiary/aromatic N) is 1. The number of aliphatic hydroxyl groups excluding tert-OH is 1. The molecule has 0 atom stereocenters. The summed E-state index contributed by atoms with van der Waals surface area (Å²) in [7, 11) is 0. The molecule has 1 amide bonds. The van der Waals surface area contributed by atoms with Crippen LogP contribution in [0.3, 0.4) is 0 Å². The van der Waals surface area contributed by atoms with Gasteiger partial charge in [0.1, 0.15) is 0 Å². The van der Waals surface area contributed by atoms with Gasteiger partial charge in [0.25, 0.3) is 5.91 Å². The number of halogens is 1. The molecule has 1 aliphatic heterocycles. The van der Waals surface area contributed by atoms with Crippen LogP contribution in [0.4, 0.5) is 5.69 Å². The quantitative estimate of drug-likeness (QED) is 0.533. The van der Waals surface area contributed by atoms with Crippen molar-refractivity contribution in [2.75, 3.05) is 5.32 Å². The van der Waals surface area contributed by atoms with Crippen molar-refractivity contribution in [1.29, 1.82) is 0 Å². The van der Waals surface area contributed by atoms with Crippen LogP contribution < -0.4 is 11.1 Å². The lowest BCUT2D eigenvalue weighted by Crippen LogP contribution is -2.29. The topological polar surface area (TPSA) is 97.4 Å². The second kappa shape index (κ2) is 8.26. The molecular weight excluding hydrogens is 426 g/mol. The van der Waals surface area contributed by atoms with E-state index in [-0.39, 0.29) is 18.1 Å². The van der Waals surface area contributed by atoms with E-state index in [0.717, 1.165) is 66.2 Å². The summed E-state index contributed by atoms with van der Waals surface area (Å²) in [5.41, 5.74) is 10.5. The molecule has 1 aliphatic carbocycles. The summed E-state index contributed by atoms with van der Waals surface area (Å²) in [5.74, 6) is -0.404. The highest BCUT2D eigenvalue weighted by Crippen LogP contribution is 2.40. The number of aromatic nitrogens is 1. The average molecular weight is 452 g/mol. The number of anilines is 1. The molecule has 0 bridgehead atoms. The average Bonchev–Trinajstić information content (AvgIpc) is 3.09. The van der Waals surface area contributed by atoms with Gasteiger partial charge in [-0.25, -0.2) is 0 Å². The van der Waals surface area contributed by atoms with Crippen molar-refractivity contribution in [2.24, 2.45) is 5.73 Å². The third-order valence-electron chi connectivity index (χ3n) is 6.71. The van der Waals surface area contributed by atoms with Gasteiger partial charge in [-0.3, -0.25) is 14.2 Å². The zero-order chi connectivity index (χ0) is 22.4. The molecule has 4 N–H and O–H groups in total. The highest BCUT2D eigenvalue weighted by atomic mass is 35.5. The second-order valence-electron chi connectivity index (χ2n) is 8.84. The number of carbonyl (C=O) groups excluding carboxylic acids is 2. The summed E-state index contributed by atoms with van der Waals surface area (Å²) < 4.78 is 1.80. The molecule has 6 nitrogen and oxygen atoms in total.